The predicted octanol–water partition coefficient (Wildman–Crippen LogP) is 4.99. The smallest absolute Gasteiger partial charge is 0.338 e. The minimum absolute atomic E-state index is 0.118. The highest BCUT2D eigenvalue weighted by molar-refractivity contribution is 6.39. The summed E-state index contributed by atoms with van der Waals surface area (Å²) in [6.07, 6.45) is 1.46. The van der Waals surface area contributed by atoms with Gasteiger partial charge in [-0.2, -0.15) is 0 Å². The molecule has 160 valence electrons. The van der Waals surface area contributed by atoms with Crippen LogP contribution in [0.25, 0.3) is 5.57 Å². The van der Waals surface area contributed by atoms with Crippen LogP contribution in [0.15, 0.2) is 90.0 Å². The van der Waals surface area contributed by atoms with Crippen LogP contribution in [0.2, 0.25) is 0 Å². The van der Waals surface area contributed by atoms with E-state index in [9.17, 15) is 14.4 Å². The van der Waals surface area contributed by atoms with E-state index in [0.29, 0.717) is 34.5 Å². The van der Waals surface area contributed by atoms with Gasteiger partial charge in [0.25, 0.3) is 0 Å². The molecule has 0 unspecified atom stereocenters. The lowest BCUT2D eigenvalue weighted by Crippen LogP contribution is -2.36. The summed E-state index contributed by atoms with van der Waals surface area (Å²) in [5, 5.41) is 0. The Bertz CT molecular complexity index is 1370. The average molecular weight is 432 g/mol. The van der Waals surface area contributed by atoms with Crippen molar-refractivity contribution in [3.63, 3.8) is 0 Å². The topological polar surface area (TPSA) is 60.4 Å². The maximum atomic E-state index is 13.9. The van der Waals surface area contributed by atoms with E-state index in [0.717, 1.165) is 22.3 Å². The third-order valence-electron chi connectivity index (χ3n) is 6.84. The number of ether oxygens (including phenoxy) is 1. The van der Waals surface area contributed by atoms with Crippen molar-refractivity contribution in [1.82, 2.24) is 0 Å². The molecule has 0 aliphatic heterocycles. The van der Waals surface area contributed by atoms with E-state index in [2.05, 4.69) is 24.3 Å². The van der Waals surface area contributed by atoms with Gasteiger partial charge in [-0.25, -0.2) is 4.79 Å². The van der Waals surface area contributed by atoms with E-state index in [1.165, 1.54) is 6.08 Å². The Morgan fingerprint density at radius 3 is 1.79 bits per heavy atom. The Kier molecular flexibility index (Phi) is 4.31. The van der Waals surface area contributed by atoms with Gasteiger partial charge in [0.2, 0.25) is 0 Å². The number of carbonyl (C=O) groups is 3. The lowest BCUT2D eigenvalue weighted by atomic mass is 9.58. The molecule has 7 rings (SSSR count). The van der Waals surface area contributed by atoms with Crippen LogP contribution in [0.4, 0.5) is 0 Å². The molecular formula is C29H20O4. The lowest BCUT2D eigenvalue weighted by Gasteiger charge is -2.43. The summed E-state index contributed by atoms with van der Waals surface area (Å²) in [4.78, 5) is 39.3. The van der Waals surface area contributed by atoms with E-state index < -0.39 is 5.97 Å². The van der Waals surface area contributed by atoms with E-state index in [-0.39, 0.29) is 23.4 Å². The molecule has 3 aromatic rings. The van der Waals surface area contributed by atoms with Gasteiger partial charge >= 0.3 is 5.97 Å². The molecule has 4 heteroatoms. The second-order valence-corrected chi connectivity index (χ2v) is 8.50. The number of allylic oxidation sites excluding steroid dienone is 4. The van der Waals surface area contributed by atoms with E-state index >= 15 is 0 Å². The summed E-state index contributed by atoms with van der Waals surface area (Å²) in [5.41, 5.74) is 7.01. The second kappa shape index (κ2) is 7.24. The number of carbonyl (C=O) groups excluding carboxylic acids is 3. The summed E-state index contributed by atoms with van der Waals surface area (Å²) in [6, 6.07) is 22.9. The monoisotopic (exact) mass is 432 g/mol. The second-order valence-electron chi connectivity index (χ2n) is 8.50. The third-order valence-corrected chi connectivity index (χ3v) is 6.84. The molecule has 0 saturated carbocycles. The molecule has 4 nitrogen and oxygen atoms in total. The molecule has 0 spiro atoms. The zero-order valence-electron chi connectivity index (χ0n) is 18.0. The molecule has 4 aliphatic rings. The summed E-state index contributed by atoms with van der Waals surface area (Å²) in [5.74, 6) is -1.12. The Hall–Kier alpha value is -4.05. The van der Waals surface area contributed by atoms with Gasteiger partial charge in [-0.05, 0) is 52.9 Å². The van der Waals surface area contributed by atoms with E-state index in [1.807, 2.05) is 24.3 Å². The minimum Gasteiger partial charge on any atom is -0.462 e. The number of benzene rings is 3. The van der Waals surface area contributed by atoms with Gasteiger partial charge in [0.05, 0.1) is 12.2 Å². The lowest BCUT2D eigenvalue weighted by molar-refractivity contribution is -0.115. The summed E-state index contributed by atoms with van der Waals surface area (Å²) in [7, 11) is 0. The molecule has 0 N–H and O–H groups in total. The fourth-order valence-corrected chi connectivity index (χ4v) is 5.50. The first-order chi connectivity index (χ1) is 16.1. The van der Waals surface area contributed by atoms with Gasteiger partial charge < -0.3 is 4.74 Å². The van der Waals surface area contributed by atoms with E-state index in [4.69, 9.17) is 4.74 Å². The first-order valence-corrected chi connectivity index (χ1v) is 11.1. The highest BCUT2D eigenvalue weighted by Gasteiger charge is 2.48. The first kappa shape index (κ1) is 19.6. The number of esters is 1. The summed E-state index contributed by atoms with van der Waals surface area (Å²) < 4.78 is 5.04. The summed E-state index contributed by atoms with van der Waals surface area (Å²) >= 11 is 0. The third kappa shape index (κ3) is 2.74. The van der Waals surface area contributed by atoms with Crippen molar-refractivity contribution in [2.24, 2.45) is 0 Å². The fraction of sp³-hybridized carbons (Fsp3) is 0.138. The van der Waals surface area contributed by atoms with Gasteiger partial charge in [0.15, 0.2) is 11.6 Å². The van der Waals surface area contributed by atoms with Crippen LogP contribution < -0.4 is 0 Å². The quantitative estimate of drug-likeness (QED) is 0.432. The van der Waals surface area contributed by atoms with Crippen LogP contribution in [-0.4, -0.2) is 24.1 Å². The van der Waals surface area contributed by atoms with Crippen LogP contribution in [0.5, 0.6) is 0 Å². The minimum atomic E-state index is -0.410. The summed E-state index contributed by atoms with van der Waals surface area (Å²) in [6.45, 7) is 2.05. The van der Waals surface area contributed by atoms with Crippen LogP contribution in [0, 0.1) is 0 Å². The van der Waals surface area contributed by atoms with Crippen LogP contribution in [0.3, 0.4) is 0 Å². The van der Waals surface area contributed by atoms with Gasteiger partial charge in [-0.1, -0.05) is 60.7 Å². The molecule has 0 saturated heterocycles. The standard InChI is InChI=1S/C29H20O4/c1-2-33-29(32)17-13-11-16(12-14-17)22-15-23(30)26-24-18-7-3-5-9-20(18)25(27(26)28(22)31)21-10-6-4-8-19(21)24/h3-15,24-25H,2H2,1H3. The average Bonchev–Trinajstić information content (AvgIpc) is 2.86. The number of rotatable bonds is 3. The van der Waals surface area contributed by atoms with Crippen LogP contribution in [-0.2, 0) is 14.3 Å². The maximum Gasteiger partial charge on any atom is 0.338 e. The van der Waals surface area contributed by atoms with Crippen LogP contribution in [0.1, 0.15) is 56.9 Å². The molecule has 0 heterocycles. The van der Waals surface area contributed by atoms with Crippen LogP contribution >= 0.6 is 0 Å². The molecular weight excluding hydrogens is 412 g/mol. The van der Waals surface area contributed by atoms with E-state index in [1.54, 1.807) is 31.2 Å². The number of hydrogen-bond donors (Lipinski definition) is 0. The molecule has 0 amide bonds. The van der Waals surface area contributed by atoms with Gasteiger partial charge in [0.1, 0.15) is 0 Å². The Labute approximate surface area is 191 Å². The first-order valence-electron chi connectivity index (χ1n) is 11.1. The van der Waals surface area contributed by atoms with Crippen molar-refractivity contribution < 1.29 is 19.1 Å². The molecule has 0 atom stereocenters. The molecule has 4 aliphatic carbocycles. The molecule has 0 fully saturated rings. The van der Waals surface area contributed by atoms with Crippen molar-refractivity contribution in [2.75, 3.05) is 6.61 Å². The fourth-order valence-electron chi connectivity index (χ4n) is 5.50. The van der Waals surface area contributed by atoms with Gasteiger partial charge in [-0.3, -0.25) is 9.59 Å². The molecule has 33 heavy (non-hydrogen) atoms. The molecule has 0 aromatic heterocycles. The number of ketones is 2. The maximum absolute atomic E-state index is 13.9. The highest BCUT2D eigenvalue weighted by atomic mass is 16.5. The Balaban J connectivity index is 1.46. The van der Waals surface area contributed by atoms with Crippen molar-refractivity contribution in [1.29, 1.82) is 0 Å². The van der Waals surface area contributed by atoms with Crippen molar-refractivity contribution in [3.05, 3.63) is 123 Å². The number of Topliss-reactive ketones (excluding diaryl/α,β-unsaturated/α-hetero) is 1. The van der Waals surface area contributed by atoms with Crippen molar-refractivity contribution >= 4 is 23.1 Å². The normalized spacial score (nSPS) is 20.1. The zero-order chi connectivity index (χ0) is 22.7. The van der Waals surface area contributed by atoms with Gasteiger partial charge in [0, 0.05) is 28.6 Å². The Morgan fingerprint density at radius 1 is 0.758 bits per heavy atom. The molecule has 2 bridgehead atoms. The Morgan fingerprint density at radius 2 is 1.27 bits per heavy atom. The number of hydrogen-bond acceptors (Lipinski definition) is 4. The molecule has 3 aromatic carbocycles. The van der Waals surface area contributed by atoms with Crippen molar-refractivity contribution in [2.45, 2.75) is 18.8 Å². The largest absolute Gasteiger partial charge is 0.462 e. The SMILES string of the molecule is CCOC(=O)c1ccc(C2=CC(=O)C3=C(C2=O)C2c4ccccc4C3c3ccccc32)cc1. The zero-order valence-corrected chi connectivity index (χ0v) is 18.0. The van der Waals surface area contributed by atoms with Gasteiger partial charge in [-0.15, -0.1) is 0 Å². The highest BCUT2D eigenvalue weighted by Crippen LogP contribution is 2.57. The molecule has 0 radical (unpaired) electrons. The predicted molar refractivity (Wildman–Crippen MR) is 124 cm³/mol. The van der Waals surface area contributed by atoms with Crippen molar-refractivity contribution in [3.8, 4) is 0 Å².